The van der Waals surface area contributed by atoms with Crippen LogP contribution in [0.3, 0.4) is 0 Å². The predicted molar refractivity (Wildman–Crippen MR) is 82.5 cm³/mol. The molecule has 0 aliphatic heterocycles. The summed E-state index contributed by atoms with van der Waals surface area (Å²) in [5.41, 5.74) is 0. The SMILES string of the molecule is CC(Cl)(Cl)C(=O)Nc1nnc(SCc2cccs2)s1. The van der Waals surface area contributed by atoms with Crippen LogP contribution in [0.15, 0.2) is 21.9 Å². The molecule has 0 aliphatic carbocycles. The topological polar surface area (TPSA) is 54.9 Å². The van der Waals surface area contributed by atoms with Crippen LogP contribution in [-0.2, 0) is 10.5 Å². The Labute approximate surface area is 132 Å². The van der Waals surface area contributed by atoms with Crippen molar-refractivity contribution >= 4 is 68.7 Å². The third-order valence-corrected chi connectivity index (χ3v) is 5.37. The quantitative estimate of drug-likeness (QED) is 0.501. The van der Waals surface area contributed by atoms with Crippen LogP contribution in [0, 0.1) is 0 Å². The van der Waals surface area contributed by atoms with E-state index in [-0.39, 0.29) is 0 Å². The lowest BCUT2D eigenvalue weighted by atomic mass is 10.4. The molecule has 1 amide bonds. The Hall–Kier alpha value is -0.340. The van der Waals surface area contributed by atoms with Gasteiger partial charge in [0, 0.05) is 10.6 Å². The van der Waals surface area contributed by atoms with E-state index in [1.54, 1.807) is 23.1 Å². The Morgan fingerprint density at radius 1 is 1.53 bits per heavy atom. The molecule has 0 fully saturated rings. The number of amides is 1. The van der Waals surface area contributed by atoms with E-state index in [9.17, 15) is 4.79 Å². The monoisotopic (exact) mass is 353 g/mol. The molecular weight excluding hydrogens is 345 g/mol. The number of anilines is 1. The van der Waals surface area contributed by atoms with Gasteiger partial charge in [0.2, 0.25) is 5.13 Å². The highest BCUT2D eigenvalue weighted by Gasteiger charge is 2.28. The van der Waals surface area contributed by atoms with Crippen molar-refractivity contribution < 1.29 is 4.79 Å². The first kappa shape index (κ1) is 15.1. The normalized spacial score (nSPS) is 11.5. The molecule has 2 rings (SSSR count). The van der Waals surface area contributed by atoms with Gasteiger partial charge < -0.3 is 0 Å². The number of carbonyl (C=O) groups excluding carboxylic acids is 1. The summed E-state index contributed by atoms with van der Waals surface area (Å²) in [5.74, 6) is 0.324. The summed E-state index contributed by atoms with van der Waals surface area (Å²) < 4.78 is -0.690. The smallest absolute Gasteiger partial charge is 0.262 e. The molecule has 19 heavy (non-hydrogen) atoms. The number of thioether (sulfide) groups is 1. The van der Waals surface area contributed by atoms with Crippen LogP contribution in [-0.4, -0.2) is 20.4 Å². The zero-order valence-electron chi connectivity index (χ0n) is 9.72. The lowest BCUT2D eigenvalue weighted by Gasteiger charge is -2.10. The Morgan fingerprint density at radius 3 is 2.95 bits per heavy atom. The van der Waals surface area contributed by atoms with Gasteiger partial charge in [-0.05, 0) is 18.4 Å². The molecule has 2 aromatic rings. The largest absolute Gasteiger partial charge is 0.298 e. The lowest BCUT2D eigenvalue weighted by molar-refractivity contribution is -0.116. The summed E-state index contributed by atoms with van der Waals surface area (Å²) in [6.45, 7) is 1.40. The molecule has 0 aromatic carbocycles. The van der Waals surface area contributed by atoms with Crippen LogP contribution in [0.2, 0.25) is 0 Å². The zero-order valence-corrected chi connectivity index (χ0v) is 13.7. The van der Waals surface area contributed by atoms with Gasteiger partial charge in [-0.15, -0.1) is 21.5 Å². The second kappa shape index (κ2) is 6.41. The molecular formula is C10H9Cl2N3OS3. The number of hydrogen-bond acceptors (Lipinski definition) is 6. The third-order valence-electron chi connectivity index (χ3n) is 1.94. The van der Waals surface area contributed by atoms with E-state index in [4.69, 9.17) is 23.2 Å². The van der Waals surface area contributed by atoms with Gasteiger partial charge in [0.1, 0.15) is 0 Å². The molecule has 0 saturated heterocycles. The molecule has 2 aromatic heterocycles. The minimum atomic E-state index is -1.48. The fourth-order valence-electron chi connectivity index (χ4n) is 1.05. The Kier molecular flexibility index (Phi) is 5.08. The van der Waals surface area contributed by atoms with Gasteiger partial charge in [-0.1, -0.05) is 52.4 Å². The maximum atomic E-state index is 11.5. The second-order valence-electron chi connectivity index (χ2n) is 3.58. The van der Waals surface area contributed by atoms with E-state index < -0.39 is 10.2 Å². The Balaban J connectivity index is 1.90. The summed E-state index contributed by atoms with van der Waals surface area (Å²) in [6, 6.07) is 4.07. The van der Waals surface area contributed by atoms with Crippen molar-refractivity contribution in [3.8, 4) is 0 Å². The molecule has 0 atom stereocenters. The van der Waals surface area contributed by atoms with Gasteiger partial charge in [0.05, 0.1) is 0 Å². The van der Waals surface area contributed by atoms with E-state index in [2.05, 4.69) is 21.6 Å². The fraction of sp³-hybridized carbons (Fsp3) is 0.300. The standard InChI is InChI=1S/C10H9Cl2N3OS3/c1-10(11,12)7(16)13-8-14-15-9(19-8)18-5-6-3-2-4-17-6/h2-4H,5H2,1H3,(H,13,14,16). The van der Waals surface area contributed by atoms with Crippen molar-refractivity contribution in [1.82, 2.24) is 10.2 Å². The van der Waals surface area contributed by atoms with E-state index in [1.807, 2.05) is 11.4 Å². The zero-order chi connectivity index (χ0) is 13.9. The average Bonchev–Trinajstić information content (AvgIpc) is 2.95. The maximum absolute atomic E-state index is 11.5. The van der Waals surface area contributed by atoms with Crippen molar-refractivity contribution in [2.75, 3.05) is 5.32 Å². The number of aromatic nitrogens is 2. The number of nitrogens with zero attached hydrogens (tertiary/aromatic N) is 2. The summed E-state index contributed by atoms with van der Waals surface area (Å²) >= 11 is 15.9. The molecule has 0 spiro atoms. The van der Waals surface area contributed by atoms with Gasteiger partial charge in [0.25, 0.3) is 5.91 Å². The number of thiophene rings is 1. The predicted octanol–water partition coefficient (Wildman–Crippen LogP) is 4.02. The Bertz CT molecular complexity index is 551. The van der Waals surface area contributed by atoms with Crippen LogP contribution in [0.1, 0.15) is 11.8 Å². The molecule has 0 aliphatic rings. The van der Waals surface area contributed by atoms with E-state index in [1.165, 1.54) is 23.1 Å². The average molecular weight is 354 g/mol. The first-order valence-electron chi connectivity index (χ1n) is 5.13. The summed E-state index contributed by atoms with van der Waals surface area (Å²) in [6.07, 6.45) is 0. The minimum Gasteiger partial charge on any atom is -0.298 e. The molecule has 0 saturated carbocycles. The van der Waals surface area contributed by atoms with Gasteiger partial charge in [-0.3, -0.25) is 10.1 Å². The fourth-order valence-corrected chi connectivity index (χ4v) is 3.67. The van der Waals surface area contributed by atoms with E-state index >= 15 is 0 Å². The number of rotatable bonds is 5. The first-order valence-corrected chi connectivity index (χ1v) is 8.57. The Morgan fingerprint density at radius 2 is 2.32 bits per heavy atom. The second-order valence-corrected chi connectivity index (χ2v) is 8.52. The van der Waals surface area contributed by atoms with Gasteiger partial charge >= 0.3 is 0 Å². The first-order chi connectivity index (χ1) is 8.95. The highest BCUT2D eigenvalue weighted by molar-refractivity contribution is 8.00. The van der Waals surface area contributed by atoms with Crippen molar-refractivity contribution in [3.63, 3.8) is 0 Å². The number of nitrogens with one attached hydrogen (secondary N) is 1. The van der Waals surface area contributed by atoms with Crippen LogP contribution in [0.4, 0.5) is 5.13 Å². The van der Waals surface area contributed by atoms with Crippen molar-refractivity contribution in [1.29, 1.82) is 0 Å². The number of carbonyl (C=O) groups is 1. The number of hydrogen-bond donors (Lipinski definition) is 1. The third kappa shape index (κ3) is 4.61. The van der Waals surface area contributed by atoms with Crippen molar-refractivity contribution in [3.05, 3.63) is 22.4 Å². The summed E-state index contributed by atoms with van der Waals surface area (Å²) in [4.78, 5) is 12.8. The molecule has 0 bridgehead atoms. The number of halogens is 2. The van der Waals surface area contributed by atoms with Crippen LogP contribution in [0.25, 0.3) is 0 Å². The molecule has 0 radical (unpaired) electrons. The molecule has 4 nitrogen and oxygen atoms in total. The highest BCUT2D eigenvalue weighted by Crippen LogP contribution is 2.30. The van der Waals surface area contributed by atoms with Gasteiger partial charge in [0.15, 0.2) is 8.67 Å². The van der Waals surface area contributed by atoms with E-state index in [0.717, 1.165) is 10.1 Å². The van der Waals surface area contributed by atoms with Crippen LogP contribution < -0.4 is 5.32 Å². The highest BCUT2D eigenvalue weighted by atomic mass is 35.5. The van der Waals surface area contributed by atoms with Gasteiger partial charge in [-0.25, -0.2) is 0 Å². The van der Waals surface area contributed by atoms with Crippen LogP contribution in [0.5, 0.6) is 0 Å². The molecule has 2 heterocycles. The van der Waals surface area contributed by atoms with E-state index in [0.29, 0.717) is 5.13 Å². The summed E-state index contributed by atoms with van der Waals surface area (Å²) in [7, 11) is 0. The molecule has 9 heteroatoms. The molecule has 1 N–H and O–H groups in total. The molecule has 0 unspecified atom stereocenters. The minimum absolute atomic E-state index is 0.395. The summed E-state index contributed by atoms with van der Waals surface area (Å²) in [5, 5.41) is 12.8. The lowest BCUT2D eigenvalue weighted by Crippen LogP contribution is -2.29. The maximum Gasteiger partial charge on any atom is 0.262 e. The van der Waals surface area contributed by atoms with Gasteiger partial charge in [-0.2, -0.15) is 0 Å². The number of alkyl halides is 2. The van der Waals surface area contributed by atoms with Crippen molar-refractivity contribution in [2.24, 2.45) is 0 Å². The molecule has 102 valence electrons. The van der Waals surface area contributed by atoms with Crippen LogP contribution >= 0.6 is 57.6 Å². The van der Waals surface area contributed by atoms with Crippen molar-refractivity contribution in [2.45, 2.75) is 21.3 Å².